The van der Waals surface area contributed by atoms with Crippen LogP contribution in [0.2, 0.25) is 0 Å². The molecule has 0 aliphatic carbocycles. The van der Waals surface area contributed by atoms with Crippen molar-refractivity contribution in [3.05, 3.63) is 59.4 Å². The number of aryl methyl sites for hydroxylation is 1. The van der Waals surface area contributed by atoms with Crippen LogP contribution in [-0.4, -0.2) is 34.6 Å². The van der Waals surface area contributed by atoms with Crippen molar-refractivity contribution in [2.24, 2.45) is 4.99 Å². The number of hydrazine groups is 1. The van der Waals surface area contributed by atoms with Crippen LogP contribution >= 0.6 is 11.5 Å². The summed E-state index contributed by atoms with van der Waals surface area (Å²) in [5, 5.41) is 9.16. The Bertz CT molecular complexity index is 1020. The van der Waals surface area contributed by atoms with E-state index < -0.39 is 11.7 Å². The standard InChI is InChI=1S/C15H19F3N4.C8H8N2S/c1-2-19-14-20-13-12(7-4-8-22(13)21-14)10-5-3-6-11(9-10)15(16,17)18;1-3-4-5-9-8-6-7(2)10-11-8/h3,5-6,9,12,14,19,21H,2,4,7-8H2,1H3;1,4-6,9H,2H3/b;5-4-. The lowest BCUT2D eigenvalue weighted by atomic mass is 9.89. The molecule has 0 spiro atoms. The summed E-state index contributed by atoms with van der Waals surface area (Å²) in [5.74, 6) is 3.13. The van der Waals surface area contributed by atoms with Gasteiger partial charge in [-0.25, -0.2) is 4.99 Å². The zero-order valence-electron chi connectivity index (χ0n) is 18.5. The highest BCUT2D eigenvalue weighted by Gasteiger charge is 2.36. The van der Waals surface area contributed by atoms with E-state index in [2.05, 4.69) is 31.3 Å². The maximum atomic E-state index is 12.9. The molecule has 0 saturated carbocycles. The lowest BCUT2D eigenvalue weighted by molar-refractivity contribution is -0.137. The number of anilines is 1. The number of amidine groups is 1. The van der Waals surface area contributed by atoms with E-state index >= 15 is 0 Å². The third kappa shape index (κ3) is 6.81. The van der Waals surface area contributed by atoms with Crippen LogP contribution in [0.1, 0.15) is 42.5 Å². The Labute approximate surface area is 196 Å². The van der Waals surface area contributed by atoms with Crippen molar-refractivity contribution in [2.45, 2.75) is 45.1 Å². The van der Waals surface area contributed by atoms with Crippen LogP contribution in [0.25, 0.3) is 0 Å². The van der Waals surface area contributed by atoms with Gasteiger partial charge in [-0.1, -0.05) is 31.0 Å². The highest BCUT2D eigenvalue weighted by molar-refractivity contribution is 7.10. The Morgan fingerprint density at radius 1 is 1.36 bits per heavy atom. The number of aromatic nitrogens is 1. The monoisotopic (exact) mass is 476 g/mol. The van der Waals surface area contributed by atoms with Gasteiger partial charge in [-0.15, -0.1) is 6.42 Å². The predicted octanol–water partition coefficient (Wildman–Crippen LogP) is 4.70. The Morgan fingerprint density at radius 2 is 2.18 bits per heavy atom. The molecule has 10 heteroatoms. The number of aliphatic imine (C=N–C) groups is 1. The van der Waals surface area contributed by atoms with Gasteiger partial charge in [0.2, 0.25) is 0 Å². The van der Waals surface area contributed by atoms with Gasteiger partial charge >= 0.3 is 6.18 Å². The van der Waals surface area contributed by atoms with Gasteiger partial charge in [0.25, 0.3) is 0 Å². The Hall–Kier alpha value is -2.87. The van der Waals surface area contributed by atoms with Crippen molar-refractivity contribution in [1.29, 1.82) is 0 Å². The molecule has 4 rings (SSSR count). The highest BCUT2D eigenvalue weighted by Crippen LogP contribution is 2.35. The summed E-state index contributed by atoms with van der Waals surface area (Å²) in [6, 6.07) is 7.55. The molecular formula is C23H27F3N6S. The van der Waals surface area contributed by atoms with Crippen LogP contribution < -0.4 is 16.1 Å². The zero-order chi connectivity index (χ0) is 23.8. The molecule has 176 valence electrons. The van der Waals surface area contributed by atoms with Gasteiger partial charge in [0.15, 0.2) is 6.29 Å². The van der Waals surface area contributed by atoms with Gasteiger partial charge in [0.05, 0.1) is 11.3 Å². The van der Waals surface area contributed by atoms with E-state index in [0.717, 1.165) is 48.5 Å². The van der Waals surface area contributed by atoms with Crippen molar-refractivity contribution in [2.75, 3.05) is 18.4 Å². The lowest BCUT2D eigenvalue weighted by Gasteiger charge is -2.32. The van der Waals surface area contributed by atoms with E-state index in [1.165, 1.54) is 23.7 Å². The smallest absolute Gasteiger partial charge is 0.352 e. The van der Waals surface area contributed by atoms with Crippen LogP contribution in [0.5, 0.6) is 0 Å². The second-order valence-electron chi connectivity index (χ2n) is 7.52. The lowest BCUT2D eigenvalue weighted by Crippen LogP contribution is -2.49. The first-order valence-electron chi connectivity index (χ1n) is 10.6. The third-order valence-electron chi connectivity index (χ3n) is 5.05. The molecule has 2 aromatic rings. The van der Waals surface area contributed by atoms with Gasteiger partial charge in [-0.3, -0.25) is 10.3 Å². The Kier molecular flexibility index (Phi) is 8.49. The summed E-state index contributed by atoms with van der Waals surface area (Å²) < 4.78 is 42.8. The number of nitrogens with zero attached hydrogens (tertiary/aromatic N) is 3. The number of rotatable bonds is 5. The minimum absolute atomic E-state index is 0.0905. The summed E-state index contributed by atoms with van der Waals surface area (Å²) >= 11 is 1.42. The fourth-order valence-electron chi connectivity index (χ4n) is 3.62. The number of halogens is 3. The first-order valence-corrected chi connectivity index (χ1v) is 11.4. The first-order chi connectivity index (χ1) is 15.8. The molecule has 33 heavy (non-hydrogen) atoms. The number of terminal acetylenes is 1. The number of alkyl halides is 3. The summed E-state index contributed by atoms with van der Waals surface area (Å²) in [5.41, 5.74) is 4.33. The molecule has 3 heterocycles. The van der Waals surface area contributed by atoms with E-state index in [9.17, 15) is 13.2 Å². The van der Waals surface area contributed by atoms with Crippen molar-refractivity contribution in [1.82, 2.24) is 20.1 Å². The van der Waals surface area contributed by atoms with Crippen molar-refractivity contribution in [3.63, 3.8) is 0 Å². The van der Waals surface area contributed by atoms with Crippen LogP contribution in [0.15, 0.2) is 47.6 Å². The largest absolute Gasteiger partial charge is 0.416 e. The quantitative estimate of drug-likeness (QED) is 0.546. The van der Waals surface area contributed by atoms with Crippen molar-refractivity contribution < 1.29 is 13.2 Å². The molecule has 1 aromatic heterocycles. The number of fused-ring (bicyclic) bond motifs is 1. The van der Waals surface area contributed by atoms with Crippen LogP contribution in [0.4, 0.5) is 18.2 Å². The fourth-order valence-corrected chi connectivity index (χ4v) is 4.26. The van der Waals surface area contributed by atoms with Gasteiger partial charge in [-0.05, 0) is 55.5 Å². The zero-order valence-corrected chi connectivity index (χ0v) is 19.3. The number of hydrogen-bond donors (Lipinski definition) is 3. The Balaban J connectivity index is 0.000000235. The molecule has 0 radical (unpaired) electrons. The third-order valence-corrected chi connectivity index (χ3v) is 5.86. The molecule has 2 aliphatic rings. The number of benzene rings is 1. The molecule has 0 bridgehead atoms. The number of hydrogen-bond acceptors (Lipinski definition) is 7. The topological polar surface area (TPSA) is 64.6 Å². The fraction of sp³-hybridized carbons (Fsp3) is 0.391. The summed E-state index contributed by atoms with van der Waals surface area (Å²) in [6.45, 7) is 5.54. The molecule has 1 aromatic carbocycles. The van der Waals surface area contributed by atoms with E-state index in [0.29, 0.717) is 5.56 Å². The molecule has 2 aliphatic heterocycles. The van der Waals surface area contributed by atoms with Crippen molar-refractivity contribution >= 4 is 22.4 Å². The molecular weight excluding hydrogens is 449 g/mol. The molecule has 3 N–H and O–H groups in total. The maximum Gasteiger partial charge on any atom is 0.416 e. The van der Waals surface area contributed by atoms with E-state index in [1.54, 1.807) is 18.3 Å². The van der Waals surface area contributed by atoms with E-state index in [4.69, 9.17) is 6.42 Å². The normalized spacial score (nSPS) is 20.0. The second-order valence-corrected chi connectivity index (χ2v) is 8.33. The number of piperidine rings is 1. The van der Waals surface area contributed by atoms with Gasteiger partial charge < -0.3 is 5.32 Å². The average Bonchev–Trinajstić information content (AvgIpc) is 3.39. The Morgan fingerprint density at radius 3 is 2.85 bits per heavy atom. The van der Waals surface area contributed by atoms with Gasteiger partial charge in [0, 0.05) is 24.7 Å². The summed E-state index contributed by atoms with van der Waals surface area (Å²) in [6.07, 6.45) is 5.57. The molecule has 0 amide bonds. The summed E-state index contributed by atoms with van der Waals surface area (Å²) in [4.78, 5) is 4.59. The summed E-state index contributed by atoms with van der Waals surface area (Å²) in [7, 11) is 0. The average molecular weight is 477 g/mol. The first kappa shape index (κ1) is 24.8. The van der Waals surface area contributed by atoms with Crippen LogP contribution in [0, 0.1) is 19.3 Å². The molecule has 2 atom stereocenters. The van der Waals surface area contributed by atoms with Crippen LogP contribution in [-0.2, 0) is 6.18 Å². The maximum absolute atomic E-state index is 12.9. The second kappa shape index (κ2) is 11.3. The predicted molar refractivity (Wildman–Crippen MR) is 127 cm³/mol. The van der Waals surface area contributed by atoms with E-state index in [-0.39, 0.29) is 12.2 Å². The van der Waals surface area contributed by atoms with Crippen molar-refractivity contribution in [3.8, 4) is 12.3 Å². The van der Waals surface area contributed by atoms with Gasteiger partial charge in [-0.2, -0.15) is 23.0 Å². The van der Waals surface area contributed by atoms with Gasteiger partial charge in [0.1, 0.15) is 10.8 Å². The minimum atomic E-state index is -4.31. The van der Waals surface area contributed by atoms with Crippen LogP contribution in [0.3, 0.4) is 0 Å². The molecule has 6 nitrogen and oxygen atoms in total. The number of allylic oxidation sites excluding steroid dienone is 1. The molecule has 1 fully saturated rings. The minimum Gasteiger partial charge on any atom is -0.352 e. The SMILES string of the molecule is C#C/C=C\Nc1cc(C)ns1.CCNC1N=C2C(c3cccc(C(F)(F)F)c3)CCCN2N1. The number of nitrogens with one attached hydrogen (secondary N) is 3. The highest BCUT2D eigenvalue weighted by atomic mass is 32.1. The molecule has 1 saturated heterocycles. The molecule has 2 unspecified atom stereocenters. The van der Waals surface area contributed by atoms with E-state index in [1.807, 2.05) is 24.9 Å².